The molecule has 2 saturated heterocycles. The molecule has 2 atom stereocenters. The van der Waals surface area contributed by atoms with Crippen molar-refractivity contribution in [2.45, 2.75) is 44.2 Å². The Kier molecular flexibility index (Phi) is 6.81. The number of benzene rings is 2. The molecule has 2 aliphatic rings. The highest BCUT2D eigenvalue weighted by Gasteiger charge is 2.34. The Morgan fingerprint density at radius 1 is 1.04 bits per heavy atom. The number of nitrogens with one attached hydrogen (secondary N) is 2. The quantitative estimate of drug-likeness (QED) is 0.730. The number of fused-ring (bicyclic) bond motifs is 2. The number of methoxy groups -OCH3 is 1. The standard InChI is InChI=1S/C22H26N2O3.ClH/c1-26-20-4-2-3-5-21(20)27-19-10-8-16(9-11-19)24-22(25)14-15-12-17-6-7-18(13-15)23-17;/h2-5,8-11,15,17-18,23H,6-7,12-14H2,1H3,(H,24,25);1H. The number of piperidine rings is 1. The van der Waals surface area contributed by atoms with Crippen molar-refractivity contribution in [2.75, 3.05) is 12.4 Å². The maximum Gasteiger partial charge on any atom is 0.224 e. The number of amides is 1. The molecule has 0 saturated carbocycles. The van der Waals surface area contributed by atoms with Gasteiger partial charge in [-0.15, -0.1) is 12.4 Å². The summed E-state index contributed by atoms with van der Waals surface area (Å²) in [6, 6.07) is 16.2. The second-order valence-electron chi connectivity index (χ2n) is 7.50. The first-order valence-electron chi connectivity index (χ1n) is 9.66. The van der Waals surface area contributed by atoms with E-state index in [0.29, 0.717) is 41.7 Å². The maximum absolute atomic E-state index is 12.4. The molecular formula is C22H27ClN2O3. The predicted molar refractivity (Wildman–Crippen MR) is 113 cm³/mol. The van der Waals surface area contributed by atoms with E-state index in [2.05, 4.69) is 10.6 Å². The van der Waals surface area contributed by atoms with Crippen LogP contribution in [0.25, 0.3) is 0 Å². The molecule has 2 fully saturated rings. The molecule has 2 N–H and O–H groups in total. The van der Waals surface area contributed by atoms with Crippen molar-refractivity contribution < 1.29 is 14.3 Å². The lowest BCUT2D eigenvalue weighted by Crippen LogP contribution is -2.39. The van der Waals surface area contributed by atoms with Gasteiger partial charge in [-0.25, -0.2) is 0 Å². The van der Waals surface area contributed by atoms with Gasteiger partial charge in [-0.3, -0.25) is 4.79 Å². The monoisotopic (exact) mass is 402 g/mol. The summed E-state index contributed by atoms with van der Waals surface area (Å²) in [5, 5.41) is 6.64. The minimum Gasteiger partial charge on any atom is -0.493 e. The van der Waals surface area contributed by atoms with Crippen molar-refractivity contribution in [3.05, 3.63) is 48.5 Å². The molecule has 2 unspecified atom stereocenters. The number of ether oxygens (including phenoxy) is 2. The van der Waals surface area contributed by atoms with Crippen LogP contribution in [0.3, 0.4) is 0 Å². The zero-order valence-electron chi connectivity index (χ0n) is 16.0. The van der Waals surface area contributed by atoms with Crippen LogP contribution in [-0.2, 0) is 4.79 Å². The number of anilines is 1. The summed E-state index contributed by atoms with van der Waals surface area (Å²) in [4.78, 5) is 12.4. The molecule has 0 aromatic heterocycles. The predicted octanol–water partition coefficient (Wildman–Crippen LogP) is 4.77. The van der Waals surface area contributed by atoms with Crippen LogP contribution < -0.4 is 20.1 Å². The van der Waals surface area contributed by atoms with E-state index in [1.54, 1.807) is 7.11 Å². The van der Waals surface area contributed by atoms with Gasteiger partial charge < -0.3 is 20.1 Å². The number of halogens is 1. The largest absolute Gasteiger partial charge is 0.493 e. The fourth-order valence-electron chi connectivity index (χ4n) is 4.25. The van der Waals surface area contributed by atoms with Crippen LogP contribution in [0.1, 0.15) is 32.1 Å². The Morgan fingerprint density at radius 2 is 1.68 bits per heavy atom. The first-order valence-corrected chi connectivity index (χ1v) is 9.66. The summed E-state index contributed by atoms with van der Waals surface area (Å²) in [6.45, 7) is 0. The number of para-hydroxylation sites is 2. The lowest BCUT2D eigenvalue weighted by atomic mass is 9.89. The van der Waals surface area contributed by atoms with Crippen LogP contribution in [0.2, 0.25) is 0 Å². The van der Waals surface area contributed by atoms with Gasteiger partial charge in [0.15, 0.2) is 11.5 Å². The third-order valence-electron chi connectivity index (χ3n) is 5.48. The van der Waals surface area contributed by atoms with Crippen molar-refractivity contribution in [2.24, 2.45) is 5.92 Å². The number of hydrogen-bond donors (Lipinski definition) is 2. The van der Waals surface area contributed by atoms with Crippen molar-refractivity contribution >= 4 is 24.0 Å². The molecule has 4 rings (SSSR count). The van der Waals surface area contributed by atoms with Gasteiger partial charge in [-0.2, -0.15) is 0 Å². The van der Waals surface area contributed by atoms with Crippen LogP contribution >= 0.6 is 12.4 Å². The Bertz CT molecular complexity index is 785. The van der Waals surface area contributed by atoms with Gasteiger partial charge in [-0.1, -0.05) is 12.1 Å². The number of carbonyl (C=O) groups excluding carboxylic acids is 1. The van der Waals surface area contributed by atoms with Gasteiger partial charge in [-0.05, 0) is 68.0 Å². The van der Waals surface area contributed by atoms with Gasteiger partial charge >= 0.3 is 0 Å². The molecule has 28 heavy (non-hydrogen) atoms. The maximum atomic E-state index is 12.4. The lowest BCUT2D eigenvalue weighted by molar-refractivity contribution is -0.117. The smallest absolute Gasteiger partial charge is 0.224 e. The van der Waals surface area contributed by atoms with Crippen molar-refractivity contribution in [3.8, 4) is 17.2 Å². The highest BCUT2D eigenvalue weighted by atomic mass is 35.5. The fourth-order valence-corrected chi connectivity index (χ4v) is 4.25. The SMILES string of the molecule is COc1ccccc1Oc1ccc(NC(=O)CC2CC3CCC(C2)N3)cc1.Cl. The summed E-state index contributed by atoms with van der Waals surface area (Å²) >= 11 is 0. The third-order valence-corrected chi connectivity index (χ3v) is 5.48. The van der Waals surface area contributed by atoms with Crippen LogP contribution in [0.15, 0.2) is 48.5 Å². The van der Waals surface area contributed by atoms with Gasteiger partial charge in [0.2, 0.25) is 5.91 Å². The second kappa shape index (κ2) is 9.30. The van der Waals surface area contributed by atoms with Gasteiger partial charge in [0.25, 0.3) is 0 Å². The van der Waals surface area contributed by atoms with E-state index in [-0.39, 0.29) is 18.3 Å². The molecule has 150 valence electrons. The van der Waals surface area contributed by atoms with Crippen LogP contribution in [-0.4, -0.2) is 25.1 Å². The molecule has 0 aliphatic carbocycles. The summed E-state index contributed by atoms with van der Waals surface area (Å²) in [5.74, 6) is 2.65. The molecule has 2 bridgehead atoms. The van der Waals surface area contributed by atoms with E-state index < -0.39 is 0 Å². The van der Waals surface area contributed by atoms with Gasteiger partial charge in [0, 0.05) is 24.2 Å². The Morgan fingerprint density at radius 3 is 2.32 bits per heavy atom. The van der Waals surface area contributed by atoms with E-state index in [0.717, 1.165) is 18.5 Å². The minimum atomic E-state index is 0. The van der Waals surface area contributed by atoms with Crippen LogP contribution in [0.4, 0.5) is 5.69 Å². The Hall–Kier alpha value is -2.24. The minimum absolute atomic E-state index is 0. The van der Waals surface area contributed by atoms with E-state index in [4.69, 9.17) is 9.47 Å². The molecule has 1 amide bonds. The highest BCUT2D eigenvalue weighted by Crippen LogP contribution is 2.33. The molecule has 2 aromatic rings. The van der Waals surface area contributed by atoms with Crippen molar-refractivity contribution in [1.82, 2.24) is 5.32 Å². The molecule has 2 heterocycles. The average molecular weight is 403 g/mol. The normalized spacial score (nSPS) is 22.8. The Balaban J connectivity index is 0.00000225. The summed E-state index contributed by atoms with van der Waals surface area (Å²) in [5.41, 5.74) is 0.796. The molecule has 2 aliphatic heterocycles. The van der Waals surface area contributed by atoms with E-state index in [9.17, 15) is 4.79 Å². The lowest BCUT2D eigenvalue weighted by Gasteiger charge is -2.28. The molecule has 5 nitrogen and oxygen atoms in total. The summed E-state index contributed by atoms with van der Waals surface area (Å²) < 4.78 is 11.2. The Labute approximate surface area is 172 Å². The molecular weight excluding hydrogens is 376 g/mol. The zero-order chi connectivity index (χ0) is 18.6. The summed E-state index contributed by atoms with van der Waals surface area (Å²) in [6.07, 6.45) is 5.37. The molecule has 6 heteroatoms. The van der Waals surface area contributed by atoms with E-state index in [1.165, 1.54) is 12.8 Å². The fraction of sp³-hybridized carbons (Fsp3) is 0.409. The number of carbonyl (C=O) groups is 1. The van der Waals surface area contributed by atoms with Crippen molar-refractivity contribution in [1.29, 1.82) is 0 Å². The average Bonchev–Trinajstić information content (AvgIpc) is 3.02. The van der Waals surface area contributed by atoms with Crippen molar-refractivity contribution in [3.63, 3.8) is 0 Å². The van der Waals surface area contributed by atoms with E-state index in [1.807, 2.05) is 48.5 Å². The molecule has 0 spiro atoms. The first-order chi connectivity index (χ1) is 13.2. The highest BCUT2D eigenvalue weighted by molar-refractivity contribution is 5.90. The molecule has 2 aromatic carbocycles. The number of rotatable bonds is 6. The number of hydrogen-bond acceptors (Lipinski definition) is 4. The second-order valence-corrected chi connectivity index (χ2v) is 7.50. The molecule has 0 radical (unpaired) electrons. The van der Waals surface area contributed by atoms with Gasteiger partial charge in [0.1, 0.15) is 5.75 Å². The topological polar surface area (TPSA) is 59.6 Å². The van der Waals surface area contributed by atoms with Gasteiger partial charge in [0.05, 0.1) is 7.11 Å². The third kappa shape index (κ3) is 4.97. The van der Waals surface area contributed by atoms with Crippen LogP contribution in [0, 0.1) is 5.92 Å². The first kappa shape index (κ1) is 20.5. The summed E-state index contributed by atoms with van der Waals surface area (Å²) in [7, 11) is 1.62. The van der Waals surface area contributed by atoms with Crippen LogP contribution in [0.5, 0.6) is 17.2 Å². The zero-order valence-corrected chi connectivity index (χ0v) is 16.8. The van der Waals surface area contributed by atoms with E-state index >= 15 is 0 Å².